The normalized spacial score (nSPS) is 10.6. The molecule has 0 unspecified atom stereocenters. The Morgan fingerprint density at radius 2 is 2.22 bits per heavy atom. The van der Waals surface area contributed by atoms with E-state index in [1.54, 1.807) is 10.6 Å². The Kier molecular flexibility index (Phi) is 5.42. The molecule has 0 saturated carbocycles. The van der Waals surface area contributed by atoms with E-state index >= 15 is 4.39 Å². The third kappa shape index (κ3) is 3.64. The third-order valence-electron chi connectivity index (χ3n) is 4.17. The second kappa shape index (κ2) is 7.76. The molecule has 1 aromatic heterocycles. The number of hydrogen-bond acceptors (Lipinski definition) is 5. The molecule has 3 rings (SSSR count). The van der Waals surface area contributed by atoms with Crippen molar-refractivity contribution in [2.24, 2.45) is 0 Å². The smallest absolute Gasteiger partial charge is 0.340 e. The van der Waals surface area contributed by atoms with Crippen molar-refractivity contribution in [3.05, 3.63) is 52.0 Å². The second-order valence-corrected chi connectivity index (χ2v) is 6.82. The third-order valence-corrected chi connectivity index (χ3v) is 4.67. The topological polar surface area (TPSA) is 79.9 Å². The number of esters is 1. The van der Waals surface area contributed by atoms with E-state index in [0.29, 0.717) is 17.7 Å². The molecule has 0 radical (unpaired) electrons. The van der Waals surface area contributed by atoms with Gasteiger partial charge in [-0.2, -0.15) is 5.26 Å². The number of carbonyl (C=O) groups excluding carboxylic acids is 1. The molecule has 0 bridgehead atoms. The average molecular weight is 431 g/mol. The molecule has 0 saturated heterocycles. The fourth-order valence-electron chi connectivity index (χ4n) is 2.80. The lowest BCUT2D eigenvalue weighted by atomic mass is 10.1. The number of aromatic nitrogens is 2. The number of aryl methyl sites for hydroxylation is 2. The molecule has 0 aliphatic carbocycles. The molecule has 0 spiro atoms. The zero-order valence-corrected chi connectivity index (χ0v) is 16.3. The fraction of sp³-hybridized carbons (Fsp3) is 0.211. The first kappa shape index (κ1) is 18.9. The van der Waals surface area contributed by atoms with Gasteiger partial charge >= 0.3 is 5.97 Å². The predicted molar refractivity (Wildman–Crippen MR) is 103 cm³/mol. The van der Waals surface area contributed by atoms with Gasteiger partial charge in [0.1, 0.15) is 5.52 Å². The van der Waals surface area contributed by atoms with Crippen LogP contribution in [0.2, 0.25) is 0 Å². The van der Waals surface area contributed by atoms with Crippen LogP contribution in [0.4, 0.5) is 15.8 Å². The van der Waals surface area contributed by atoms with Gasteiger partial charge in [0.25, 0.3) is 0 Å². The van der Waals surface area contributed by atoms with Gasteiger partial charge in [-0.15, -0.1) is 0 Å². The van der Waals surface area contributed by atoms with Crippen LogP contribution in [0.5, 0.6) is 0 Å². The maximum absolute atomic E-state index is 15.2. The highest BCUT2D eigenvalue weighted by Crippen LogP contribution is 2.33. The number of anilines is 2. The van der Waals surface area contributed by atoms with Crippen molar-refractivity contribution in [3.8, 4) is 6.07 Å². The molecule has 0 atom stereocenters. The maximum Gasteiger partial charge on any atom is 0.340 e. The summed E-state index contributed by atoms with van der Waals surface area (Å²) in [4.78, 5) is 16.4. The fourth-order valence-corrected chi connectivity index (χ4v) is 3.28. The van der Waals surface area contributed by atoms with E-state index in [1.807, 2.05) is 25.1 Å². The lowest BCUT2D eigenvalue weighted by Gasteiger charge is -2.15. The summed E-state index contributed by atoms with van der Waals surface area (Å²) in [5.41, 5.74) is 2.15. The van der Waals surface area contributed by atoms with Crippen molar-refractivity contribution in [1.82, 2.24) is 9.55 Å². The molecule has 0 amide bonds. The second-order valence-electron chi connectivity index (χ2n) is 5.90. The zero-order valence-electron chi connectivity index (χ0n) is 14.7. The van der Waals surface area contributed by atoms with Gasteiger partial charge in [-0.05, 0) is 36.8 Å². The Hall–Kier alpha value is -2.92. The van der Waals surface area contributed by atoms with Gasteiger partial charge in [-0.1, -0.05) is 15.9 Å². The van der Waals surface area contributed by atoms with Crippen LogP contribution in [-0.4, -0.2) is 22.6 Å². The Balaban J connectivity index is 2.17. The van der Waals surface area contributed by atoms with Crippen LogP contribution < -0.4 is 5.32 Å². The molecule has 0 aliphatic rings. The van der Waals surface area contributed by atoms with Gasteiger partial charge in [0.05, 0.1) is 42.7 Å². The molecule has 138 valence electrons. The van der Waals surface area contributed by atoms with Gasteiger partial charge in [0, 0.05) is 16.7 Å². The van der Waals surface area contributed by atoms with E-state index in [0.717, 1.165) is 10.0 Å². The lowest BCUT2D eigenvalue weighted by Crippen LogP contribution is -2.09. The summed E-state index contributed by atoms with van der Waals surface area (Å²) in [6.45, 7) is 2.23. The number of nitrogens with zero attached hydrogens (tertiary/aromatic N) is 3. The number of ether oxygens (including phenoxy) is 1. The summed E-state index contributed by atoms with van der Waals surface area (Å²) in [5.74, 6) is -1.31. The minimum absolute atomic E-state index is 0.00491. The Morgan fingerprint density at radius 3 is 2.89 bits per heavy atom. The minimum atomic E-state index is -0.666. The van der Waals surface area contributed by atoms with Crippen molar-refractivity contribution in [3.63, 3.8) is 0 Å². The van der Waals surface area contributed by atoms with E-state index in [4.69, 9.17) is 10.00 Å². The molecular formula is C19H16BrFN4O2. The Bertz CT molecular complexity index is 1070. The number of imidazole rings is 1. The number of rotatable bonds is 5. The number of halogens is 2. The molecule has 0 aliphatic heterocycles. The van der Waals surface area contributed by atoms with E-state index in [2.05, 4.69) is 26.2 Å². The van der Waals surface area contributed by atoms with Crippen molar-refractivity contribution in [1.29, 1.82) is 5.26 Å². The molecule has 27 heavy (non-hydrogen) atoms. The molecule has 8 heteroatoms. The molecule has 1 heterocycles. The van der Waals surface area contributed by atoms with E-state index in [-0.39, 0.29) is 23.2 Å². The SMILES string of the molecule is COC(=O)c1cc2c(ncn2CCC#N)c(F)c1Nc1ccc(Br)cc1C. The van der Waals surface area contributed by atoms with Crippen molar-refractivity contribution >= 4 is 44.3 Å². The zero-order chi connectivity index (χ0) is 19.6. The molecule has 3 aromatic rings. The first-order valence-electron chi connectivity index (χ1n) is 8.12. The average Bonchev–Trinajstić information content (AvgIpc) is 3.06. The molecule has 2 aromatic carbocycles. The van der Waals surface area contributed by atoms with Crippen LogP contribution in [0.1, 0.15) is 22.3 Å². The summed E-state index contributed by atoms with van der Waals surface area (Å²) in [6.07, 6.45) is 1.71. The van der Waals surface area contributed by atoms with Crippen molar-refractivity contribution in [2.45, 2.75) is 19.9 Å². The number of fused-ring (bicyclic) bond motifs is 1. The van der Waals surface area contributed by atoms with E-state index < -0.39 is 11.8 Å². The standard InChI is InChI=1S/C19H16BrFN4O2/c1-11-8-12(20)4-5-14(11)24-17-13(19(26)27-2)9-15-18(16(17)21)23-10-25(15)7-3-6-22/h4-5,8-10,24H,3,7H2,1-2H3. The Morgan fingerprint density at radius 1 is 1.44 bits per heavy atom. The lowest BCUT2D eigenvalue weighted by molar-refractivity contribution is 0.0601. The number of nitrogens with one attached hydrogen (secondary N) is 1. The summed E-state index contributed by atoms with van der Waals surface area (Å²) in [5, 5.41) is 11.8. The monoisotopic (exact) mass is 430 g/mol. The summed E-state index contributed by atoms with van der Waals surface area (Å²) < 4.78 is 22.6. The minimum Gasteiger partial charge on any atom is -0.465 e. The molecule has 0 fully saturated rings. The van der Waals surface area contributed by atoms with Crippen LogP contribution in [0, 0.1) is 24.1 Å². The number of carbonyl (C=O) groups is 1. The van der Waals surface area contributed by atoms with Gasteiger partial charge in [0.2, 0.25) is 0 Å². The number of benzene rings is 2. The quantitative estimate of drug-likeness (QED) is 0.593. The van der Waals surface area contributed by atoms with Crippen molar-refractivity contribution < 1.29 is 13.9 Å². The summed E-state index contributed by atoms with van der Waals surface area (Å²) in [6, 6.07) is 9.06. The number of methoxy groups -OCH3 is 1. The largest absolute Gasteiger partial charge is 0.465 e. The number of nitriles is 1. The highest BCUT2D eigenvalue weighted by atomic mass is 79.9. The van der Waals surface area contributed by atoms with E-state index in [1.165, 1.54) is 19.5 Å². The van der Waals surface area contributed by atoms with Crippen LogP contribution in [0.3, 0.4) is 0 Å². The van der Waals surface area contributed by atoms with Gasteiger partial charge in [-0.3, -0.25) is 0 Å². The van der Waals surface area contributed by atoms with Gasteiger partial charge in [0.15, 0.2) is 5.82 Å². The van der Waals surface area contributed by atoms with Crippen LogP contribution >= 0.6 is 15.9 Å². The van der Waals surface area contributed by atoms with Crippen LogP contribution in [0.25, 0.3) is 11.0 Å². The maximum atomic E-state index is 15.2. The van der Waals surface area contributed by atoms with Crippen molar-refractivity contribution in [2.75, 3.05) is 12.4 Å². The molecule has 1 N–H and O–H groups in total. The highest BCUT2D eigenvalue weighted by molar-refractivity contribution is 9.10. The predicted octanol–water partition coefficient (Wildman–Crippen LogP) is 4.69. The number of hydrogen-bond donors (Lipinski definition) is 1. The van der Waals surface area contributed by atoms with Gasteiger partial charge < -0.3 is 14.6 Å². The van der Waals surface area contributed by atoms with Gasteiger partial charge in [-0.25, -0.2) is 14.2 Å². The van der Waals surface area contributed by atoms with Crippen LogP contribution in [0.15, 0.2) is 35.1 Å². The molecular weight excluding hydrogens is 415 g/mol. The summed E-state index contributed by atoms with van der Waals surface area (Å²) in [7, 11) is 1.24. The first-order valence-corrected chi connectivity index (χ1v) is 8.91. The molecule has 6 nitrogen and oxygen atoms in total. The Labute approximate surface area is 163 Å². The van der Waals surface area contributed by atoms with Crippen LogP contribution in [-0.2, 0) is 11.3 Å². The summed E-state index contributed by atoms with van der Waals surface area (Å²) >= 11 is 3.39. The first-order chi connectivity index (χ1) is 13.0. The highest BCUT2D eigenvalue weighted by Gasteiger charge is 2.22. The van der Waals surface area contributed by atoms with E-state index in [9.17, 15) is 4.79 Å².